The summed E-state index contributed by atoms with van der Waals surface area (Å²) in [6, 6.07) is 6.26. The number of halogens is 3. The summed E-state index contributed by atoms with van der Waals surface area (Å²) in [6.07, 6.45) is 2.51. The van der Waals surface area contributed by atoms with Gasteiger partial charge in [-0.3, -0.25) is 4.90 Å². The van der Waals surface area contributed by atoms with Crippen LogP contribution in [0.25, 0.3) is 22.3 Å². The van der Waals surface area contributed by atoms with E-state index < -0.39 is 17.4 Å². The average Bonchev–Trinajstić information content (AvgIpc) is 3.26. The van der Waals surface area contributed by atoms with Crippen molar-refractivity contribution in [2.75, 3.05) is 38.0 Å². The van der Waals surface area contributed by atoms with E-state index in [0.29, 0.717) is 35.8 Å². The van der Waals surface area contributed by atoms with E-state index in [-0.39, 0.29) is 28.8 Å². The maximum absolute atomic E-state index is 15.8. The minimum absolute atomic E-state index is 0.0401. The molecular formula is C28H33F3N8. The smallest absolute Gasteiger partial charge is 0.229 e. The molecular weight excluding hydrogens is 505 g/mol. The number of nitrogens with one attached hydrogen (secondary N) is 1. The first-order valence-electron chi connectivity index (χ1n) is 13.2. The second-order valence-corrected chi connectivity index (χ2v) is 10.3. The molecule has 0 radical (unpaired) electrons. The number of anilines is 2. The SMILES string of the molecule is CCN1CCN([C@@](C)(F)c2ccc(Nc3ncc(F)c(-c4cc(F)c5nc(C)n(C(C)C)c5c4)n3)nc2)CC1. The highest BCUT2D eigenvalue weighted by Gasteiger charge is 2.35. The molecule has 3 aromatic heterocycles. The quantitative estimate of drug-likeness (QED) is 0.308. The van der Waals surface area contributed by atoms with Crippen molar-refractivity contribution >= 4 is 22.8 Å². The molecule has 0 saturated carbocycles. The first-order valence-corrected chi connectivity index (χ1v) is 13.2. The third kappa shape index (κ3) is 5.20. The van der Waals surface area contributed by atoms with E-state index in [0.717, 1.165) is 25.8 Å². The van der Waals surface area contributed by atoms with Crippen LogP contribution < -0.4 is 5.32 Å². The lowest BCUT2D eigenvalue weighted by Gasteiger charge is -2.41. The lowest BCUT2D eigenvalue weighted by atomic mass is 10.1. The van der Waals surface area contributed by atoms with E-state index in [2.05, 4.69) is 37.1 Å². The molecule has 8 nitrogen and oxygen atoms in total. The Hall–Kier alpha value is -3.57. The van der Waals surface area contributed by atoms with Crippen LogP contribution in [0.5, 0.6) is 0 Å². The highest BCUT2D eigenvalue weighted by atomic mass is 19.1. The van der Waals surface area contributed by atoms with Crippen molar-refractivity contribution in [3.8, 4) is 11.3 Å². The van der Waals surface area contributed by atoms with Gasteiger partial charge in [-0.1, -0.05) is 6.92 Å². The molecule has 0 spiro atoms. The van der Waals surface area contributed by atoms with Gasteiger partial charge in [0.05, 0.1) is 11.7 Å². The molecule has 1 atom stereocenters. The van der Waals surface area contributed by atoms with Gasteiger partial charge < -0.3 is 14.8 Å². The number of aromatic nitrogens is 5. The summed E-state index contributed by atoms with van der Waals surface area (Å²) >= 11 is 0. The molecule has 206 valence electrons. The van der Waals surface area contributed by atoms with Gasteiger partial charge in [-0.2, -0.15) is 0 Å². The zero-order chi connectivity index (χ0) is 27.9. The summed E-state index contributed by atoms with van der Waals surface area (Å²) in [5, 5.41) is 2.94. The van der Waals surface area contributed by atoms with Crippen LogP contribution in [-0.2, 0) is 5.79 Å². The first kappa shape index (κ1) is 27.0. The molecule has 11 heteroatoms. The number of nitrogens with zero attached hydrogens (tertiary/aromatic N) is 7. The number of rotatable bonds is 7. The van der Waals surface area contributed by atoms with Crippen LogP contribution in [0.4, 0.5) is 24.9 Å². The van der Waals surface area contributed by atoms with Gasteiger partial charge in [0.1, 0.15) is 22.9 Å². The van der Waals surface area contributed by atoms with Gasteiger partial charge in [-0.25, -0.2) is 33.1 Å². The Morgan fingerprint density at radius 3 is 2.38 bits per heavy atom. The molecule has 0 unspecified atom stereocenters. The topological polar surface area (TPSA) is 75.0 Å². The van der Waals surface area contributed by atoms with E-state index in [9.17, 15) is 8.78 Å². The van der Waals surface area contributed by atoms with E-state index in [1.165, 1.54) is 12.3 Å². The van der Waals surface area contributed by atoms with Gasteiger partial charge in [0.15, 0.2) is 17.4 Å². The van der Waals surface area contributed by atoms with Gasteiger partial charge in [0, 0.05) is 49.5 Å². The van der Waals surface area contributed by atoms with Crippen molar-refractivity contribution in [2.24, 2.45) is 0 Å². The molecule has 39 heavy (non-hydrogen) atoms. The predicted molar refractivity (Wildman–Crippen MR) is 145 cm³/mol. The molecule has 1 fully saturated rings. The number of hydrogen-bond acceptors (Lipinski definition) is 7. The number of piperazine rings is 1. The Morgan fingerprint density at radius 1 is 1.00 bits per heavy atom. The monoisotopic (exact) mass is 538 g/mol. The van der Waals surface area contributed by atoms with E-state index >= 15 is 4.39 Å². The number of likely N-dealkylation sites (N-methyl/N-ethyl adjacent to an activating group) is 1. The van der Waals surface area contributed by atoms with Crippen LogP contribution in [0, 0.1) is 18.6 Å². The Labute approximate surface area is 225 Å². The number of pyridine rings is 1. The van der Waals surface area contributed by atoms with Gasteiger partial charge in [-0.15, -0.1) is 0 Å². The maximum atomic E-state index is 15.8. The number of fused-ring (bicyclic) bond motifs is 1. The molecule has 5 rings (SSSR count). The summed E-state index contributed by atoms with van der Waals surface area (Å²) in [7, 11) is 0. The number of hydrogen-bond donors (Lipinski definition) is 1. The van der Waals surface area contributed by atoms with E-state index in [1.807, 2.05) is 30.2 Å². The van der Waals surface area contributed by atoms with Gasteiger partial charge >= 0.3 is 0 Å². The molecule has 1 aromatic carbocycles. The maximum Gasteiger partial charge on any atom is 0.229 e. The van der Waals surface area contributed by atoms with Crippen molar-refractivity contribution in [2.45, 2.75) is 46.5 Å². The third-order valence-electron chi connectivity index (χ3n) is 7.40. The molecule has 4 heterocycles. The Morgan fingerprint density at radius 2 is 1.74 bits per heavy atom. The summed E-state index contributed by atoms with van der Waals surface area (Å²) < 4.78 is 47.5. The minimum Gasteiger partial charge on any atom is -0.326 e. The van der Waals surface area contributed by atoms with Crippen molar-refractivity contribution in [3.05, 3.63) is 59.7 Å². The van der Waals surface area contributed by atoms with Gasteiger partial charge in [-0.05, 0) is 58.5 Å². The van der Waals surface area contributed by atoms with Crippen molar-refractivity contribution < 1.29 is 13.2 Å². The fraction of sp³-hybridized carbons (Fsp3) is 0.429. The fourth-order valence-corrected chi connectivity index (χ4v) is 5.21. The van der Waals surface area contributed by atoms with Gasteiger partial charge in [0.25, 0.3) is 0 Å². The van der Waals surface area contributed by atoms with Crippen LogP contribution >= 0.6 is 0 Å². The highest BCUT2D eigenvalue weighted by molar-refractivity contribution is 5.83. The second kappa shape index (κ2) is 10.5. The zero-order valence-electron chi connectivity index (χ0n) is 22.8. The Bertz CT molecular complexity index is 1470. The number of benzene rings is 1. The van der Waals surface area contributed by atoms with Crippen LogP contribution in [0.3, 0.4) is 0 Å². The molecule has 1 aliphatic rings. The highest BCUT2D eigenvalue weighted by Crippen LogP contribution is 2.32. The van der Waals surface area contributed by atoms with Crippen molar-refractivity contribution in [3.63, 3.8) is 0 Å². The Balaban J connectivity index is 1.39. The molecule has 0 amide bonds. The van der Waals surface area contributed by atoms with E-state index in [1.54, 1.807) is 25.1 Å². The van der Waals surface area contributed by atoms with Crippen LogP contribution in [0.1, 0.15) is 45.1 Å². The summed E-state index contributed by atoms with van der Waals surface area (Å²) in [5.74, 6) is -1.78. The molecule has 4 aromatic rings. The van der Waals surface area contributed by atoms with Crippen LogP contribution in [0.15, 0.2) is 36.7 Å². The second-order valence-electron chi connectivity index (χ2n) is 10.3. The summed E-state index contributed by atoms with van der Waals surface area (Å²) in [4.78, 5) is 21.1. The molecule has 0 aliphatic carbocycles. The average molecular weight is 539 g/mol. The van der Waals surface area contributed by atoms with Crippen molar-refractivity contribution in [1.29, 1.82) is 0 Å². The first-order chi connectivity index (χ1) is 18.6. The van der Waals surface area contributed by atoms with Crippen molar-refractivity contribution in [1.82, 2.24) is 34.3 Å². The fourth-order valence-electron chi connectivity index (χ4n) is 5.21. The lowest BCUT2D eigenvalue weighted by Crippen LogP contribution is -2.52. The molecule has 0 bridgehead atoms. The zero-order valence-corrected chi connectivity index (χ0v) is 22.8. The third-order valence-corrected chi connectivity index (χ3v) is 7.40. The molecule has 1 aliphatic heterocycles. The predicted octanol–water partition coefficient (Wildman–Crippen LogP) is 5.58. The van der Waals surface area contributed by atoms with Gasteiger partial charge in [0.2, 0.25) is 5.95 Å². The standard InChI is InChI=1S/C28H33F3N8/c1-6-37-9-11-38(12-10-37)28(5,31)20-7-8-24(32-15-20)35-27-33-16-22(30)25(36-27)19-13-21(29)26-23(14-19)39(17(2)3)18(4)34-26/h7-8,13-17H,6,9-12H2,1-5H3,(H,32,33,35,36)/t28-/m1/s1. The minimum atomic E-state index is -1.66. The number of imidazole rings is 1. The Kier molecular flexibility index (Phi) is 7.30. The van der Waals surface area contributed by atoms with Crippen LogP contribution in [0.2, 0.25) is 0 Å². The number of alkyl halides is 1. The summed E-state index contributed by atoms with van der Waals surface area (Å²) in [6.45, 7) is 13.3. The normalized spacial score (nSPS) is 16.6. The number of aryl methyl sites for hydroxylation is 1. The molecule has 1 N–H and O–H groups in total. The largest absolute Gasteiger partial charge is 0.326 e. The van der Waals surface area contributed by atoms with E-state index in [4.69, 9.17) is 0 Å². The lowest BCUT2D eigenvalue weighted by molar-refractivity contribution is -0.0511. The van der Waals surface area contributed by atoms with Crippen LogP contribution in [-0.4, -0.2) is 67.0 Å². The molecule has 1 saturated heterocycles. The summed E-state index contributed by atoms with van der Waals surface area (Å²) in [5.41, 5.74) is 1.45.